The van der Waals surface area contributed by atoms with Crippen LogP contribution in [0.4, 0.5) is 4.39 Å². The highest BCUT2D eigenvalue weighted by atomic mass is 79.9. The van der Waals surface area contributed by atoms with E-state index in [2.05, 4.69) is 15.9 Å². The first-order chi connectivity index (χ1) is 8.04. The van der Waals surface area contributed by atoms with Gasteiger partial charge in [0.2, 0.25) is 0 Å². The van der Waals surface area contributed by atoms with Crippen molar-refractivity contribution in [2.45, 2.75) is 13.3 Å². The molecule has 92 valence electrons. The number of ether oxygens (including phenoxy) is 1. The van der Waals surface area contributed by atoms with E-state index in [0.717, 1.165) is 0 Å². The first-order valence-corrected chi connectivity index (χ1v) is 5.84. The molecule has 0 heterocycles. The zero-order valence-corrected chi connectivity index (χ0v) is 10.8. The molecule has 1 aromatic carbocycles. The summed E-state index contributed by atoms with van der Waals surface area (Å²) >= 11 is 3.13. The van der Waals surface area contributed by atoms with Gasteiger partial charge in [0.15, 0.2) is 11.6 Å². The van der Waals surface area contributed by atoms with Crippen LogP contribution >= 0.6 is 15.9 Å². The standard InChI is InChI=1S/C12H12BrFO3/c1-2-8(12(15)16)5-6-17-11-4-3-9(13)7-10(11)14/h3-5,7H,2,6H2,1H3,(H,15,16). The fourth-order valence-corrected chi connectivity index (χ4v) is 1.54. The van der Waals surface area contributed by atoms with Crippen molar-refractivity contribution in [1.29, 1.82) is 0 Å². The van der Waals surface area contributed by atoms with Gasteiger partial charge in [-0.3, -0.25) is 0 Å². The second-order valence-corrected chi connectivity index (χ2v) is 4.19. The van der Waals surface area contributed by atoms with Crippen LogP contribution in [0.15, 0.2) is 34.3 Å². The second kappa shape index (κ2) is 6.39. The fourth-order valence-electron chi connectivity index (χ4n) is 1.21. The quantitative estimate of drug-likeness (QED) is 0.848. The molecular formula is C12H12BrFO3. The molecule has 1 rings (SSSR count). The highest BCUT2D eigenvalue weighted by Gasteiger charge is 2.05. The molecular weight excluding hydrogens is 291 g/mol. The van der Waals surface area contributed by atoms with Crippen molar-refractivity contribution in [1.82, 2.24) is 0 Å². The van der Waals surface area contributed by atoms with Crippen LogP contribution in [0, 0.1) is 5.82 Å². The predicted octanol–water partition coefficient (Wildman–Crippen LogP) is 3.39. The number of carbonyl (C=O) groups is 1. The average Bonchev–Trinajstić information content (AvgIpc) is 2.26. The highest BCUT2D eigenvalue weighted by Crippen LogP contribution is 2.21. The van der Waals surface area contributed by atoms with Crippen molar-refractivity contribution in [2.24, 2.45) is 0 Å². The van der Waals surface area contributed by atoms with Gasteiger partial charge in [0.25, 0.3) is 0 Å². The number of hydrogen-bond acceptors (Lipinski definition) is 2. The van der Waals surface area contributed by atoms with Crippen LogP contribution in [0.25, 0.3) is 0 Å². The summed E-state index contributed by atoms with van der Waals surface area (Å²) in [6, 6.07) is 4.43. The summed E-state index contributed by atoms with van der Waals surface area (Å²) in [6.07, 6.45) is 1.84. The molecule has 0 unspecified atom stereocenters. The normalized spacial score (nSPS) is 11.4. The lowest BCUT2D eigenvalue weighted by Gasteiger charge is -2.05. The summed E-state index contributed by atoms with van der Waals surface area (Å²) in [5.74, 6) is -1.36. The first-order valence-electron chi connectivity index (χ1n) is 5.04. The van der Waals surface area contributed by atoms with Gasteiger partial charge in [0.05, 0.1) is 0 Å². The molecule has 1 aromatic rings. The fraction of sp³-hybridized carbons (Fsp3) is 0.250. The van der Waals surface area contributed by atoms with Crippen LogP contribution in [-0.4, -0.2) is 17.7 Å². The summed E-state index contributed by atoms with van der Waals surface area (Å²) in [4.78, 5) is 10.7. The van der Waals surface area contributed by atoms with Crippen molar-refractivity contribution in [3.63, 3.8) is 0 Å². The van der Waals surface area contributed by atoms with Crippen molar-refractivity contribution < 1.29 is 19.0 Å². The van der Waals surface area contributed by atoms with Crippen LogP contribution in [0.1, 0.15) is 13.3 Å². The van der Waals surface area contributed by atoms with E-state index in [9.17, 15) is 9.18 Å². The van der Waals surface area contributed by atoms with Gasteiger partial charge in [-0.15, -0.1) is 0 Å². The molecule has 0 amide bonds. The van der Waals surface area contributed by atoms with Gasteiger partial charge in [-0.1, -0.05) is 22.9 Å². The molecule has 0 aliphatic carbocycles. The molecule has 3 nitrogen and oxygen atoms in total. The lowest BCUT2D eigenvalue weighted by atomic mass is 10.2. The SMILES string of the molecule is CCC(=CCOc1ccc(Br)cc1F)C(=O)O. The van der Waals surface area contributed by atoms with Crippen LogP contribution in [0.3, 0.4) is 0 Å². The Kier molecular flexibility index (Phi) is 5.15. The Hall–Kier alpha value is -1.36. The second-order valence-electron chi connectivity index (χ2n) is 3.27. The van der Waals surface area contributed by atoms with Crippen molar-refractivity contribution in [2.75, 3.05) is 6.61 Å². The third-order valence-electron chi connectivity index (χ3n) is 2.12. The molecule has 0 bridgehead atoms. The largest absolute Gasteiger partial charge is 0.486 e. The van der Waals surface area contributed by atoms with E-state index in [-0.39, 0.29) is 17.9 Å². The lowest BCUT2D eigenvalue weighted by molar-refractivity contribution is -0.132. The minimum atomic E-state index is -0.979. The van der Waals surface area contributed by atoms with E-state index in [1.165, 1.54) is 18.2 Å². The van der Waals surface area contributed by atoms with E-state index < -0.39 is 11.8 Å². The van der Waals surface area contributed by atoms with Crippen molar-refractivity contribution in [3.8, 4) is 5.75 Å². The average molecular weight is 303 g/mol. The topological polar surface area (TPSA) is 46.5 Å². The third kappa shape index (κ3) is 4.19. The minimum absolute atomic E-state index is 0.0357. The van der Waals surface area contributed by atoms with Gasteiger partial charge in [-0.2, -0.15) is 0 Å². The Morgan fingerprint density at radius 2 is 2.29 bits per heavy atom. The minimum Gasteiger partial charge on any atom is -0.486 e. The third-order valence-corrected chi connectivity index (χ3v) is 2.61. The van der Waals surface area contributed by atoms with Crippen molar-refractivity contribution >= 4 is 21.9 Å². The van der Waals surface area contributed by atoms with Crippen LogP contribution in [0.5, 0.6) is 5.75 Å². The molecule has 0 atom stereocenters. The maximum absolute atomic E-state index is 13.3. The molecule has 0 saturated heterocycles. The number of aliphatic carboxylic acids is 1. The van der Waals surface area contributed by atoms with Gasteiger partial charge in [0.1, 0.15) is 6.61 Å². The lowest BCUT2D eigenvalue weighted by Crippen LogP contribution is -2.03. The molecule has 0 aliphatic heterocycles. The first kappa shape index (κ1) is 13.7. The van der Waals surface area contributed by atoms with Crippen LogP contribution in [-0.2, 0) is 4.79 Å². The van der Waals surface area contributed by atoms with E-state index >= 15 is 0 Å². The number of carboxylic acid groups (broad SMARTS) is 1. The highest BCUT2D eigenvalue weighted by molar-refractivity contribution is 9.10. The van der Waals surface area contributed by atoms with Crippen LogP contribution in [0.2, 0.25) is 0 Å². The molecule has 0 fully saturated rings. The number of benzene rings is 1. The van der Waals surface area contributed by atoms with E-state index in [1.807, 2.05) is 0 Å². The van der Waals surface area contributed by atoms with Crippen molar-refractivity contribution in [3.05, 3.63) is 40.1 Å². The molecule has 17 heavy (non-hydrogen) atoms. The summed E-state index contributed by atoms with van der Waals surface area (Å²) in [6.45, 7) is 1.77. The van der Waals surface area contributed by atoms with Crippen LogP contribution < -0.4 is 4.74 Å². The smallest absolute Gasteiger partial charge is 0.331 e. The summed E-state index contributed by atoms with van der Waals surface area (Å²) in [5, 5.41) is 8.76. The molecule has 0 radical (unpaired) electrons. The Labute approximate surface area is 107 Å². The maximum atomic E-state index is 13.3. The Bertz CT molecular complexity index is 443. The Morgan fingerprint density at radius 3 is 2.82 bits per heavy atom. The Morgan fingerprint density at radius 1 is 1.59 bits per heavy atom. The van der Waals surface area contributed by atoms with E-state index in [4.69, 9.17) is 9.84 Å². The number of rotatable bonds is 5. The molecule has 0 spiro atoms. The predicted molar refractivity (Wildman–Crippen MR) is 65.6 cm³/mol. The van der Waals surface area contributed by atoms with Gasteiger partial charge < -0.3 is 9.84 Å². The number of carboxylic acids is 1. The van der Waals surface area contributed by atoms with E-state index in [0.29, 0.717) is 10.9 Å². The molecule has 0 aliphatic rings. The van der Waals surface area contributed by atoms with Gasteiger partial charge in [-0.25, -0.2) is 9.18 Å². The summed E-state index contributed by atoms with van der Waals surface area (Å²) in [5.41, 5.74) is 0.252. The van der Waals surface area contributed by atoms with E-state index in [1.54, 1.807) is 13.0 Å². The maximum Gasteiger partial charge on any atom is 0.331 e. The number of halogens is 2. The van der Waals surface area contributed by atoms with Gasteiger partial charge in [0, 0.05) is 10.0 Å². The monoisotopic (exact) mass is 302 g/mol. The zero-order chi connectivity index (χ0) is 12.8. The Balaban J connectivity index is 2.65. The zero-order valence-electron chi connectivity index (χ0n) is 9.24. The van der Waals surface area contributed by atoms with Gasteiger partial charge >= 0.3 is 5.97 Å². The molecule has 1 N–H and O–H groups in total. The van der Waals surface area contributed by atoms with Gasteiger partial charge in [-0.05, 0) is 30.7 Å². The number of hydrogen-bond donors (Lipinski definition) is 1. The molecule has 0 saturated carbocycles. The molecule has 0 aromatic heterocycles. The molecule has 5 heteroatoms. The summed E-state index contributed by atoms with van der Waals surface area (Å²) < 4.78 is 19.1. The summed E-state index contributed by atoms with van der Waals surface area (Å²) in [7, 11) is 0.